The van der Waals surface area contributed by atoms with E-state index < -0.39 is 0 Å². The van der Waals surface area contributed by atoms with Gasteiger partial charge in [-0.2, -0.15) is 0 Å². The summed E-state index contributed by atoms with van der Waals surface area (Å²) in [6.07, 6.45) is 3.79. The number of aromatic nitrogens is 1. The van der Waals surface area contributed by atoms with Crippen LogP contribution in [0.4, 0.5) is 16.5 Å². The van der Waals surface area contributed by atoms with Gasteiger partial charge in [-0.3, -0.25) is 19.3 Å². The van der Waals surface area contributed by atoms with E-state index in [0.29, 0.717) is 23.1 Å². The second-order valence-electron chi connectivity index (χ2n) is 7.79. The van der Waals surface area contributed by atoms with E-state index >= 15 is 0 Å². The Morgan fingerprint density at radius 2 is 1.88 bits per heavy atom. The van der Waals surface area contributed by atoms with Crippen LogP contribution in [0, 0.1) is 5.92 Å². The van der Waals surface area contributed by atoms with Crippen molar-refractivity contribution in [2.45, 2.75) is 33.7 Å². The predicted molar refractivity (Wildman–Crippen MR) is 137 cm³/mol. The maximum absolute atomic E-state index is 12.3. The molecule has 0 fully saturated rings. The summed E-state index contributed by atoms with van der Waals surface area (Å²) in [4.78, 5) is 42.6. The highest BCUT2D eigenvalue weighted by atomic mass is 32.1. The number of anilines is 3. The number of amides is 3. The Labute approximate surface area is 203 Å². The first-order valence-electron chi connectivity index (χ1n) is 11.0. The lowest BCUT2D eigenvalue weighted by atomic mass is 10.1. The van der Waals surface area contributed by atoms with Crippen LogP contribution in [0.2, 0.25) is 0 Å². The van der Waals surface area contributed by atoms with E-state index in [1.165, 1.54) is 29.2 Å². The van der Waals surface area contributed by atoms with Crippen molar-refractivity contribution in [2.24, 2.45) is 5.92 Å². The van der Waals surface area contributed by atoms with Crippen molar-refractivity contribution >= 4 is 51.6 Å². The van der Waals surface area contributed by atoms with Crippen LogP contribution in [-0.2, 0) is 20.9 Å². The molecule has 1 heterocycles. The molecule has 0 aliphatic rings. The lowest BCUT2D eigenvalue weighted by molar-refractivity contribution is -0.119. The van der Waals surface area contributed by atoms with Crippen molar-refractivity contribution in [1.82, 2.24) is 10.3 Å². The molecule has 34 heavy (non-hydrogen) atoms. The maximum Gasteiger partial charge on any atom is 0.244 e. The summed E-state index contributed by atoms with van der Waals surface area (Å²) in [5.41, 5.74) is 2.91. The number of thiazole rings is 1. The van der Waals surface area contributed by atoms with Crippen molar-refractivity contribution in [3.8, 4) is 0 Å². The van der Waals surface area contributed by atoms with Gasteiger partial charge in [0.1, 0.15) is 0 Å². The van der Waals surface area contributed by atoms with Gasteiger partial charge < -0.3 is 10.6 Å². The van der Waals surface area contributed by atoms with Gasteiger partial charge in [-0.15, -0.1) is 11.3 Å². The highest BCUT2D eigenvalue weighted by molar-refractivity contribution is 7.14. The lowest BCUT2D eigenvalue weighted by Crippen LogP contribution is -2.22. The number of hydrogen-bond acceptors (Lipinski definition) is 5. The van der Waals surface area contributed by atoms with Crippen molar-refractivity contribution in [3.05, 3.63) is 77.3 Å². The topological polar surface area (TPSA) is 91.4 Å². The summed E-state index contributed by atoms with van der Waals surface area (Å²) in [5, 5.41) is 8.06. The van der Waals surface area contributed by atoms with Gasteiger partial charge in [-0.25, -0.2) is 4.98 Å². The van der Waals surface area contributed by atoms with E-state index in [1.54, 1.807) is 11.5 Å². The Morgan fingerprint density at radius 1 is 1.12 bits per heavy atom. The van der Waals surface area contributed by atoms with Crippen LogP contribution in [-0.4, -0.2) is 22.7 Å². The smallest absolute Gasteiger partial charge is 0.244 e. The number of carbonyl (C=O) groups is 3. The largest absolute Gasteiger partial charge is 0.348 e. The second-order valence-corrected chi connectivity index (χ2v) is 8.63. The molecular weight excluding hydrogens is 448 g/mol. The van der Waals surface area contributed by atoms with E-state index in [-0.39, 0.29) is 23.6 Å². The fourth-order valence-electron chi connectivity index (χ4n) is 3.08. The molecule has 0 bridgehead atoms. The summed E-state index contributed by atoms with van der Waals surface area (Å²) in [7, 11) is 0. The van der Waals surface area contributed by atoms with Crippen molar-refractivity contribution in [1.29, 1.82) is 0 Å². The van der Waals surface area contributed by atoms with Gasteiger partial charge >= 0.3 is 0 Å². The third kappa shape index (κ3) is 6.86. The minimum Gasteiger partial charge on any atom is -0.348 e. The minimum atomic E-state index is -0.268. The Bertz CT molecular complexity index is 1170. The maximum atomic E-state index is 12.3. The number of hydrogen-bond donors (Lipinski definition) is 2. The molecular formula is C26H28N4O3S. The first kappa shape index (κ1) is 24.9. The fourth-order valence-corrected chi connectivity index (χ4v) is 3.93. The highest BCUT2D eigenvalue weighted by Crippen LogP contribution is 2.29. The van der Waals surface area contributed by atoms with Gasteiger partial charge in [0.25, 0.3) is 0 Å². The Hall–Kier alpha value is -3.78. The van der Waals surface area contributed by atoms with Crippen molar-refractivity contribution < 1.29 is 14.4 Å². The Kier molecular flexibility index (Phi) is 8.70. The number of nitrogens with one attached hydrogen (secondary N) is 2. The quantitative estimate of drug-likeness (QED) is 0.418. The standard InChI is InChI=1S/C26H28N4O3S/c1-4-18(2)25(33)28-21-10-8-9-20(15-21)16-27-24(32)14-13-22-17-34-26(29-22)30(19(3)31)23-11-6-5-7-12-23/h5-15,17-18H,4,16H2,1-3H3,(H,27,32)(H,28,33)/b14-13+. The average Bonchev–Trinajstić information content (AvgIpc) is 3.30. The molecule has 0 radical (unpaired) electrons. The predicted octanol–water partition coefficient (Wildman–Crippen LogP) is 5.14. The SMILES string of the molecule is CCC(C)C(=O)Nc1cccc(CNC(=O)/C=C/c2csc(N(C(C)=O)c3ccccc3)n2)c1. The first-order chi connectivity index (χ1) is 16.4. The lowest BCUT2D eigenvalue weighted by Gasteiger charge is -2.17. The molecule has 0 aliphatic carbocycles. The highest BCUT2D eigenvalue weighted by Gasteiger charge is 2.17. The Balaban J connectivity index is 1.58. The third-order valence-corrected chi connectivity index (χ3v) is 6.00. The molecule has 0 aliphatic heterocycles. The summed E-state index contributed by atoms with van der Waals surface area (Å²) in [5.74, 6) is -0.494. The number of para-hydroxylation sites is 1. The molecule has 176 valence electrons. The summed E-state index contributed by atoms with van der Waals surface area (Å²) >= 11 is 1.33. The third-order valence-electron chi connectivity index (χ3n) is 5.16. The number of benzene rings is 2. The molecule has 3 amide bonds. The molecule has 8 heteroatoms. The van der Waals surface area contributed by atoms with E-state index in [9.17, 15) is 14.4 Å². The van der Waals surface area contributed by atoms with Crippen LogP contribution in [0.25, 0.3) is 6.08 Å². The average molecular weight is 477 g/mol. The van der Waals surface area contributed by atoms with Crippen LogP contribution < -0.4 is 15.5 Å². The zero-order valence-electron chi connectivity index (χ0n) is 19.4. The molecule has 1 aromatic heterocycles. The number of nitrogens with zero attached hydrogens (tertiary/aromatic N) is 2. The molecule has 0 spiro atoms. The second kappa shape index (κ2) is 11.9. The van der Waals surface area contributed by atoms with Crippen molar-refractivity contribution in [3.63, 3.8) is 0 Å². The van der Waals surface area contributed by atoms with Gasteiger partial charge in [-0.05, 0) is 42.3 Å². The first-order valence-corrected chi connectivity index (χ1v) is 11.9. The van der Waals surface area contributed by atoms with Crippen LogP contribution in [0.3, 0.4) is 0 Å². The molecule has 1 unspecified atom stereocenters. The van der Waals surface area contributed by atoms with Gasteiger partial charge in [0.2, 0.25) is 17.7 Å². The number of carbonyl (C=O) groups excluding carboxylic acids is 3. The van der Waals surface area contributed by atoms with E-state index in [0.717, 1.165) is 17.7 Å². The van der Waals surface area contributed by atoms with E-state index in [2.05, 4.69) is 15.6 Å². The van der Waals surface area contributed by atoms with E-state index in [1.807, 2.05) is 68.4 Å². The molecule has 2 aromatic carbocycles. The normalized spacial score (nSPS) is 11.7. The van der Waals surface area contributed by atoms with Crippen LogP contribution in [0.15, 0.2) is 66.1 Å². The molecule has 0 saturated carbocycles. The summed E-state index contributed by atoms with van der Waals surface area (Å²) in [6, 6.07) is 16.7. The fraction of sp³-hybridized carbons (Fsp3) is 0.231. The molecule has 2 N–H and O–H groups in total. The zero-order chi connectivity index (χ0) is 24.5. The molecule has 7 nitrogen and oxygen atoms in total. The molecule has 1 atom stereocenters. The minimum absolute atomic E-state index is 0.0233. The number of rotatable bonds is 9. The Morgan fingerprint density at radius 3 is 2.59 bits per heavy atom. The van der Waals surface area contributed by atoms with Crippen LogP contribution in [0.5, 0.6) is 0 Å². The monoisotopic (exact) mass is 476 g/mol. The van der Waals surface area contributed by atoms with E-state index in [4.69, 9.17) is 0 Å². The van der Waals surface area contributed by atoms with Gasteiger partial charge in [0.05, 0.1) is 11.4 Å². The molecule has 0 saturated heterocycles. The van der Waals surface area contributed by atoms with Gasteiger partial charge in [0, 0.05) is 36.5 Å². The van der Waals surface area contributed by atoms with Gasteiger partial charge in [-0.1, -0.05) is 44.2 Å². The van der Waals surface area contributed by atoms with Gasteiger partial charge in [0.15, 0.2) is 5.13 Å². The van der Waals surface area contributed by atoms with Crippen molar-refractivity contribution in [2.75, 3.05) is 10.2 Å². The molecule has 3 aromatic rings. The molecule has 3 rings (SSSR count). The van der Waals surface area contributed by atoms with Crippen LogP contribution >= 0.6 is 11.3 Å². The summed E-state index contributed by atoms with van der Waals surface area (Å²) in [6.45, 7) is 5.67. The van der Waals surface area contributed by atoms with Crippen LogP contribution in [0.1, 0.15) is 38.4 Å². The zero-order valence-corrected chi connectivity index (χ0v) is 20.3. The summed E-state index contributed by atoms with van der Waals surface area (Å²) < 4.78 is 0.